The average molecular weight is 275 g/mol. The van der Waals surface area contributed by atoms with Gasteiger partial charge in [0.2, 0.25) is 5.91 Å². The number of halogens is 1. The van der Waals surface area contributed by atoms with Gasteiger partial charge in [0.1, 0.15) is 0 Å². The topological polar surface area (TPSA) is 55.1 Å². The van der Waals surface area contributed by atoms with Crippen LogP contribution in [0.4, 0.5) is 0 Å². The lowest BCUT2D eigenvalue weighted by Gasteiger charge is -2.31. The predicted molar refractivity (Wildman–Crippen MR) is 76.8 cm³/mol. The van der Waals surface area contributed by atoms with E-state index in [1.165, 1.54) is 19.3 Å². The molecule has 3 N–H and O–H groups in total. The number of rotatable bonds is 3. The second-order valence-electron chi connectivity index (χ2n) is 5.96. The Labute approximate surface area is 117 Å². The molecule has 0 bridgehead atoms. The molecule has 0 aliphatic heterocycles. The average Bonchev–Trinajstić information content (AvgIpc) is 2.78. The quantitative estimate of drug-likeness (QED) is 0.831. The minimum atomic E-state index is -0.554. The number of hydrogen-bond donors (Lipinski definition) is 2. The van der Waals surface area contributed by atoms with E-state index in [4.69, 9.17) is 5.73 Å². The van der Waals surface area contributed by atoms with E-state index in [2.05, 4.69) is 12.2 Å². The molecule has 1 amide bonds. The van der Waals surface area contributed by atoms with Gasteiger partial charge < -0.3 is 11.1 Å². The first-order valence-electron chi connectivity index (χ1n) is 7.24. The monoisotopic (exact) mass is 274 g/mol. The molecule has 4 heteroatoms. The Morgan fingerprint density at radius 1 is 1.22 bits per heavy atom. The van der Waals surface area contributed by atoms with E-state index in [-0.39, 0.29) is 18.3 Å². The molecule has 2 saturated carbocycles. The van der Waals surface area contributed by atoms with Crippen molar-refractivity contribution >= 4 is 18.3 Å². The van der Waals surface area contributed by atoms with Crippen molar-refractivity contribution in [2.75, 3.05) is 0 Å². The highest BCUT2D eigenvalue weighted by Crippen LogP contribution is 2.29. The molecule has 106 valence electrons. The van der Waals surface area contributed by atoms with Gasteiger partial charge in [0.25, 0.3) is 0 Å². The summed E-state index contributed by atoms with van der Waals surface area (Å²) in [5.74, 6) is 0.983. The summed E-state index contributed by atoms with van der Waals surface area (Å²) in [4.78, 5) is 12.2. The highest BCUT2D eigenvalue weighted by atomic mass is 35.5. The van der Waals surface area contributed by atoms with Gasteiger partial charge in [-0.25, -0.2) is 0 Å². The SMILES string of the molecule is CCC1CCC(NC(=O)C2(N)CCCC2)CC1.Cl. The number of carbonyl (C=O) groups excluding carboxylic acids is 1. The third-order valence-electron chi connectivity index (χ3n) is 4.71. The number of amides is 1. The van der Waals surface area contributed by atoms with Crippen LogP contribution in [0, 0.1) is 5.92 Å². The van der Waals surface area contributed by atoms with Gasteiger partial charge in [-0.2, -0.15) is 0 Å². The van der Waals surface area contributed by atoms with E-state index < -0.39 is 5.54 Å². The molecule has 0 radical (unpaired) electrons. The zero-order chi connectivity index (χ0) is 12.3. The largest absolute Gasteiger partial charge is 0.352 e. The summed E-state index contributed by atoms with van der Waals surface area (Å²) in [6.07, 6.45) is 10.0. The summed E-state index contributed by atoms with van der Waals surface area (Å²) in [6.45, 7) is 2.26. The Bertz CT molecular complexity index is 269. The molecule has 2 aliphatic carbocycles. The van der Waals surface area contributed by atoms with Crippen LogP contribution in [0.25, 0.3) is 0 Å². The highest BCUT2D eigenvalue weighted by molar-refractivity contribution is 5.86. The van der Waals surface area contributed by atoms with Gasteiger partial charge in [0, 0.05) is 6.04 Å². The molecule has 2 aliphatic rings. The lowest BCUT2D eigenvalue weighted by atomic mass is 9.84. The Kier molecular flexibility index (Phi) is 5.93. The number of nitrogens with one attached hydrogen (secondary N) is 1. The van der Waals surface area contributed by atoms with E-state index in [0.29, 0.717) is 6.04 Å². The number of hydrogen-bond acceptors (Lipinski definition) is 2. The minimum Gasteiger partial charge on any atom is -0.352 e. The van der Waals surface area contributed by atoms with E-state index in [9.17, 15) is 4.79 Å². The maximum atomic E-state index is 12.2. The van der Waals surface area contributed by atoms with Gasteiger partial charge in [-0.15, -0.1) is 12.4 Å². The van der Waals surface area contributed by atoms with Crippen LogP contribution in [-0.2, 0) is 4.79 Å². The van der Waals surface area contributed by atoms with E-state index in [1.807, 2.05) is 0 Å². The molecule has 0 saturated heterocycles. The molecular formula is C14H27ClN2O. The Balaban J connectivity index is 0.00000162. The molecule has 0 spiro atoms. The van der Waals surface area contributed by atoms with Gasteiger partial charge >= 0.3 is 0 Å². The smallest absolute Gasteiger partial charge is 0.240 e. The summed E-state index contributed by atoms with van der Waals surface area (Å²) in [6, 6.07) is 0.381. The zero-order valence-corrected chi connectivity index (χ0v) is 12.2. The molecule has 18 heavy (non-hydrogen) atoms. The first kappa shape index (κ1) is 15.8. The van der Waals surface area contributed by atoms with E-state index >= 15 is 0 Å². The van der Waals surface area contributed by atoms with Crippen molar-refractivity contribution in [3.63, 3.8) is 0 Å². The zero-order valence-electron chi connectivity index (χ0n) is 11.4. The normalized spacial score (nSPS) is 30.6. The summed E-state index contributed by atoms with van der Waals surface area (Å²) in [5, 5.41) is 3.18. The van der Waals surface area contributed by atoms with Gasteiger partial charge in [-0.3, -0.25) is 4.79 Å². The van der Waals surface area contributed by atoms with Crippen LogP contribution in [0.3, 0.4) is 0 Å². The summed E-state index contributed by atoms with van der Waals surface area (Å²) in [5.41, 5.74) is 5.61. The lowest BCUT2D eigenvalue weighted by Crippen LogP contribution is -2.54. The lowest BCUT2D eigenvalue weighted by molar-refractivity contribution is -0.127. The van der Waals surface area contributed by atoms with Gasteiger partial charge in [0.15, 0.2) is 0 Å². The molecule has 2 rings (SSSR count). The van der Waals surface area contributed by atoms with Crippen molar-refractivity contribution in [1.29, 1.82) is 0 Å². The molecule has 0 aromatic rings. The van der Waals surface area contributed by atoms with Crippen LogP contribution in [0.2, 0.25) is 0 Å². The van der Waals surface area contributed by atoms with Crippen molar-refractivity contribution < 1.29 is 4.79 Å². The molecule has 2 fully saturated rings. The van der Waals surface area contributed by atoms with Crippen LogP contribution in [0.5, 0.6) is 0 Å². The number of nitrogens with two attached hydrogens (primary N) is 1. The Hall–Kier alpha value is -0.280. The number of carbonyl (C=O) groups is 1. The van der Waals surface area contributed by atoms with Crippen LogP contribution < -0.4 is 11.1 Å². The van der Waals surface area contributed by atoms with Crippen molar-refractivity contribution in [2.24, 2.45) is 11.7 Å². The third-order valence-corrected chi connectivity index (χ3v) is 4.71. The van der Waals surface area contributed by atoms with Crippen molar-refractivity contribution in [3.05, 3.63) is 0 Å². The van der Waals surface area contributed by atoms with Crippen LogP contribution in [0.1, 0.15) is 64.7 Å². The van der Waals surface area contributed by atoms with Crippen LogP contribution in [-0.4, -0.2) is 17.5 Å². The fourth-order valence-electron chi connectivity index (χ4n) is 3.28. The maximum Gasteiger partial charge on any atom is 0.240 e. The molecule has 0 aromatic carbocycles. The highest BCUT2D eigenvalue weighted by Gasteiger charge is 2.38. The summed E-state index contributed by atoms with van der Waals surface area (Å²) < 4.78 is 0. The first-order valence-corrected chi connectivity index (χ1v) is 7.24. The van der Waals surface area contributed by atoms with Crippen molar-refractivity contribution in [1.82, 2.24) is 5.32 Å². The van der Waals surface area contributed by atoms with Crippen LogP contribution >= 0.6 is 12.4 Å². The van der Waals surface area contributed by atoms with Gasteiger partial charge in [-0.1, -0.05) is 26.2 Å². The van der Waals surface area contributed by atoms with Gasteiger partial charge in [0.05, 0.1) is 5.54 Å². The third kappa shape index (κ3) is 3.61. The fourth-order valence-corrected chi connectivity index (χ4v) is 3.28. The summed E-state index contributed by atoms with van der Waals surface area (Å²) >= 11 is 0. The standard InChI is InChI=1S/C14H26N2O.ClH/c1-2-11-5-7-12(8-6-11)16-13(17)14(15)9-3-4-10-14;/h11-12H,2-10,15H2,1H3,(H,16,17);1H. The second-order valence-corrected chi connectivity index (χ2v) is 5.96. The maximum absolute atomic E-state index is 12.2. The van der Waals surface area contributed by atoms with E-state index in [1.54, 1.807) is 0 Å². The second kappa shape index (κ2) is 6.76. The van der Waals surface area contributed by atoms with Gasteiger partial charge in [-0.05, 0) is 44.4 Å². The summed E-state index contributed by atoms with van der Waals surface area (Å²) in [7, 11) is 0. The predicted octanol–water partition coefficient (Wildman–Crippen LogP) is 2.76. The molecule has 0 unspecified atom stereocenters. The molecule has 3 nitrogen and oxygen atoms in total. The molecular weight excluding hydrogens is 248 g/mol. The molecule has 0 atom stereocenters. The minimum absolute atomic E-state index is 0. The first-order chi connectivity index (χ1) is 8.14. The van der Waals surface area contributed by atoms with Crippen LogP contribution in [0.15, 0.2) is 0 Å². The fraction of sp³-hybridized carbons (Fsp3) is 0.929. The van der Waals surface area contributed by atoms with Crippen molar-refractivity contribution in [2.45, 2.75) is 76.3 Å². The molecule has 0 heterocycles. The Morgan fingerprint density at radius 2 is 1.78 bits per heavy atom. The van der Waals surface area contributed by atoms with E-state index in [0.717, 1.165) is 44.4 Å². The van der Waals surface area contributed by atoms with Crippen molar-refractivity contribution in [3.8, 4) is 0 Å². The Morgan fingerprint density at radius 3 is 2.28 bits per heavy atom. The molecule has 0 aromatic heterocycles.